The maximum atomic E-state index is 13.0. The number of rotatable bonds is 20. The lowest BCUT2D eigenvalue weighted by atomic mass is 10.1. The molecule has 1 rings (SSSR count). The van der Waals surface area contributed by atoms with Crippen molar-refractivity contribution < 1.29 is 13.6 Å². The maximum Gasteiger partial charge on any atom is 0.456 e. The molecular formula is C24H50N3O3P. The third-order valence-corrected chi connectivity index (χ3v) is 7.45. The molecule has 0 amide bonds. The number of hydrogen-bond acceptors (Lipinski definition) is 3. The normalized spacial score (nSPS) is 17.6. The van der Waals surface area contributed by atoms with E-state index in [0.29, 0.717) is 6.61 Å². The minimum absolute atomic E-state index is 0.438. The van der Waals surface area contributed by atoms with E-state index in [9.17, 15) is 4.57 Å². The van der Waals surface area contributed by atoms with Gasteiger partial charge in [0.2, 0.25) is 5.96 Å². The van der Waals surface area contributed by atoms with E-state index >= 15 is 0 Å². The van der Waals surface area contributed by atoms with Crippen molar-refractivity contribution in [1.29, 1.82) is 0 Å². The van der Waals surface area contributed by atoms with E-state index in [1.54, 1.807) is 0 Å². The first-order chi connectivity index (χ1) is 15.1. The summed E-state index contributed by atoms with van der Waals surface area (Å²) in [6.45, 7) is 7.69. The fourth-order valence-electron chi connectivity index (χ4n) is 3.97. The number of nitrogens with zero attached hydrogens (tertiary/aromatic N) is 3. The van der Waals surface area contributed by atoms with Gasteiger partial charge >= 0.3 is 7.75 Å². The van der Waals surface area contributed by atoms with E-state index in [-0.39, 0.29) is 0 Å². The Morgan fingerprint density at radius 3 is 1.87 bits per heavy atom. The van der Waals surface area contributed by atoms with Crippen LogP contribution >= 0.6 is 7.75 Å². The zero-order chi connectivity index (χ0) is 22.8. The zero-order valence-electron chi connectivity index (χ0n) is 20.9. The molecule has 1 aliphatic heterocycles. The summed E-state index contributed by atoms with van der Waals surface area (Å²) in [7, 11) is -0.00480. The Kier molecular flexibility index (Phi) is 16.4. The van der Waals surface area contributed by atoms with Crippen LogP contribution in [0.15, 0.2) is 4.76 Å². The molecule has 0 aliphatic carbocycles. The highest BCUT2D eigenvalue weighted by atomic mass is 31.2. The highest BCUT2D eigenvalue weighted by Gasteiger charge is 2.30. The van der Waals surface area contributed by atoms with Crippen LogP contribution < -0.4 is 0 Å². The van der Waals surface area contributed by atoms with E-state index in [2.05, 4.69) is 28.4 Å². The van der Waals surface area contributed by atoms with Gasteiger partial charge in [0.05, 0.1) is 6.61 Å². The quantitative estimate of drug-likeness (QED) is 0.142. The van der Waals surface area contributed by atoms with Crippen LogP contribution in [0.1, 0.15) is 110 Å². The first-order valence-corrected chi connectivity index (χ1v) is 14.4. The van der Waals surface area contributed by atoms with Crippen LogP contribution in [0.3, 0.4) is 0 Å². The molecule has 0 saturated carbocycles. The third-order valence-electron chi connectivity index (χ3n) is 6.06. The van der Waals surface area contributed by atoms with Crippen LogP contribution in [0.4, 0.5) is 0 Å². The van der Waals surface area contributed by atoms with Gasteiger partial charge in [0.15, 0.2) is 0 Å². The van der Waals surface area contributed by atoms with E-state index < -0.39 is 7.75 Å². The fourth-order valence-corrected chi connectivity index (χ4v) is 5.07. The van der Waals surface area contributed by atoms with Gasteiger partial charge in [-0.25, -0.2) is 4.57 Å². The monoisotopic (exact) mass is 459 g/mol. The molecule has 1 heterocycles. The molecule has 1 saturated heterocycles. The molecule has 1 aliphatic rings. The van der Waals surface area contributed by atoms with Gasteiger partial charge in [0.25, 0.3) is 0 Å². The van der Waals surface area contributed by atoms with E-state index in [1.807, 2.05) is 7.05 Å². The Morgan fingerprint density at radius 2 is 1.32 bits per heavy atom. The molecule has 6 nitrogen and oxygen atoms in total. The molecule has 0 bridgehead atoms. The van der Waals surface area contributed by atoms with Crippen LogP contribution in [0.5, 0.6) is 0 Å². The minimum Gasteiger partial charge on any atom is -0.344 e. The summed E-state index contributed by atoms with van der Waals surface area (Å²) in [5.41, 5.74) is 0. The van der Waals surface area contributed by atoms with Crippen molar-refractivity contribution in [2.45, 2.75) is 110 Å². The van der Waals surface area contributed by atoms with Gasteiger partial charge in [0, 0.05) is 33.8 Å². The number of hydrogen-bond donors (Lipinski definition) is 0. The SMILES string of the molecule is CCCCCCCCCCCCN1CCN(C)C1=NP(=O)(OC)OCCCCCCC. The van der Waals surface area contributed by atoms with Crippen molar-refractivity contribution in [2.75, 3.05) is 40.4 Å². The lowest BCUT2D eigenvalue weighted by molar-refractivity contribution is 0.228. The third kappa shape index (κ3) is 12.9. The molecule has 0 spiro atoms. The summed E-state index contributed by atoms with van der Waals surface area (Å²) < 4.78 is 28.3. The second-order valence-corrected chi connectivity index (χ2v) is 10.6. The average molecular weight is 460 g/mol. The Balaban J connectivity index is 2.33. The van der Waals surface area contributed by atoms with E-state index in [1.165, 1.54) is 84.2 Å². The molecule has 0 aromatic heterocycles. The summed E-state index contributed by atoms with van der Waals surface area (Å²) in [5, 5.41) is 0. The number of unbranched alkanes of at least 4 members (excludes halogenated alkanes) is 13. The highest BCUT2D eigenvalue weighted by Crippen LogP contribution is 2.49. The van der Waals surface area contributed by atoms with Crippen LogP contribution in [0.25, 0.3) is 0 Å². The maximum absolute atomic E-state index is 13.0. The predicted octanol–water partition coefficient (Wildman–Crippen LogP) is 7.25. The highest BCUT2D eigenvalue weighted by molar-refractivity contribution is 7.52. The molecule has 7 heteroatoms. The molecule has 1 unspecified atom stereocenters. The molecule has 0 aromatic carbocycles. The van der Waals surface area contributed by atoms with Crippen LogP contribution in [-0.4, -0.2) is 56.2 Å². The summed E-state index contributed by atoms with van der Waals surface area (Å²) in [5.74, 6) is 0.757. The van der Waals surface area contributed by atoms with Crippen LogP contribution in [-0.2, 0) is 13.6 Å². The molecule has 184 valence electrons. The molecular weight excluding hydrogens is 409 g/mol. The van der Waals surface area contributed by atoms with Gasteiger partial charge in [-0.1, -0.05) is 97.3 Å². The van der Waals surface area contributed by atoms with Crippen LogP contribution in [0.2, 0.25) is 0 Å². The lowest BCUT2D eigenvalue weighted by Crippen LogP contribution is -2.32. The van der Waals surface area contributed by atoms with Gasteiger partial charge in [-0.3, -0.25) is 9.05 Å². The molecule has 0 aromatic rings. The molecule has 0 N–H and O–H groups in total. The van der Waals surface area contributed by atoms with Gasteiger partial charge < -0.3 is 9.80 Å². The lowest BCUT2D eigenvalue weighted by Gasteiger charge is -2.22. The Hall–Kier alpha value is -0.580. The Bertz CT molecular complexity index is 516. The summed E-state index contributed by atoms with van der Waals surface area (Å²) >= 11 is 0. The van der Waals surface area contributed by atoms with Gasteiger partial charge in [-0.15, -0.1) is 4.76 Å². The largest absolute Gasteiger partial charge is 0.456 e. The second-order valence-electron chi connectivity index (χ2n) is 8.89. The summed E-state index contributed by atoms with van der Waals surface area (Å²) in [6.07, 6.45) is 19.0. The van der Waals surface area contributed by atoms with Crippen molar-refractivity contribution in [3.8, 4) is 0 Å². The molecule has 0 radical (unpaired) electrons. The Labute approximate surface area is 192 Å². The van der Waals surface area contributed by atoms with Crippen molar-refractivity contribution in [2.24, 2.45) is 4.76 Å². The number of likely N-dealkylation sites (N-methyl/N-ethyl adjacent to an activating group) is 1. The van der Waals surface area contributed by atoms with Crippen molar-refractivity contribution in [3.63, 3.8) is 0 Å². The molecule has 1 atom stereocenters. The van der Waals surface area contributed by atoms with Crippen molar-refractivity contribution in [1.82, 2.24) is 9.80 Å². The van der Waals surface area contributed by atoms with E-state index in [0.717, 1.165) is 44.9 Å². The second kappa shape index (κ2) is 17.9. The van der Waals surface area contributed by atoms with E-state index in [4.69, 9.17) is 9.05 Å². The van der Waals surface area contributed by atoms with Crippen molar-refractivity contribution in [3.05, 3.63) is 0 Å². The first-order valence-electron chi connectivity index (χ1n) is 12.9. The van der Waals surface area contributed by atoms with Crippen molar-refractivity contribution >= 4 is 13.7 Å². The summed E-state index contributed by atoms with van der Waals surface area (Å²) in [4.78, 5) is 4.30. The minimum atomic E-state index is -3.44. The van der Waals surface area contributed by atoms with Gasteiger partial charge in [-0.2, -0.15) is 0 Å². The van der Waals surface area contributed by atoms with Gasteiger partial charge in [0.1, 0.15) is 0 Å². The smallest absolute Gasteiger partial charge is 0.344 e. The topological polar surface area (TPSA) is 54.4 Å². The zero-order valence-corrected chi connectivity index (χ0v) is 21.8. The fraction of sp³-hybridized carbons (Fsp3) is 0.958. The first kappa shape index (κ1) is 28.5. The van der Waals surface area contributed by atoms with Crippen LogP contribution in [0, 0.1) is 0 Å². The Morgan fingerprint density at radius 1 is 0.806 bits per heavy atom. The average Bonchev–Trinajstić information content (AvgIpc) is 3.11. The standard InChI is InChI=1S/C24H50N3O3P/c1-5-7-9-11-12-13-14-15-16-18-20-27-22-21-26(3)24(27)25-31(28,29-4)30-23-19-17-10-8-6-2/h5-23H2,1-4H3. The summed E-state index contributed by atoms with van der Waals surface area (Å²) in [6, 6.07) is 0. The number of guanidine groups is 1. The molecule has 31 heavy (non-hydrogen) atoms. The van der Waals surface area contributed by atoms with Gasteiger partial charge in [-0.05, 0) is 12.8 Å². The molecule has 1 fully saturated rings. The predicted molar refractivity (Wildman–Crippen MR) is 133 cm³/mol.